The van der Waals surface area contributed by atoms with Crippen LogP contribution in [0.3, 0.4) is 0 Å². The van der Waals surface area contributed by atoms with Gasteiger partial charge in [0.25, 0.3) is 0 Å². The lowest BCUT2D eigenvalue weighted by Gasteiger charge is -2.35. The maximum absolute atomic E-state index is 13.6. The highest BCUT2D eigenvalue weighted by Crippen LogP contribution is 2.24. The third-order valence-electron chi connectivity index (χ3n) is 4.46. The first-order valence-electron chi connectivity index (χ1n) is 9.32. The van der Waals surface area contributed by atoms with Crippen LogP contribution in [-0.4, -0.2) is 53.5 Å². The lowest BCUT2D eigenvalue weighted by Crippen LogP contribution is -2.44. The lowest BCUT2D eigenvalue weighted by molar-refractivity contribution is 0.0179. The molecule has 1 saturated carbocycles. The van der Waals surface area contributed by atoms with Crippen LogP contribution in [0.25, 0.3) is 0 Å². The van der Waals surface area contributed by atoms with Crippen molar-refractivity contribution in [3.05, 3.63) is 35.6 Å². The molecule has 3 N–H and O–H groups in total. The Morgan fingerprint density at radius 2 is 1.81 bits per heavy atom. The monoisotopic (exact) mass is 382 g/mol. The number of ether oxygens (including phenoxy) is 1. The van der Waals surface area contributed by atoms with Crippen molar-refractivity contribution < 1.29 is 24.0 Å². The predicted molar refractivity (Wildman–Crippen MR) is 105 cm³/mol. The molecule has 6 nitrogen and oxygen atoms in total. The second-order valence-electron chi connectivity index (χ2n) is 7.71. The summed E-state index contributed by atoms with van der Waals surface area (Å²) < 4.78 is 19.1. The average Bonchev–Trinajstić information content (AvgIpc) is 2.60. The molecular formula is C19H32BFN2O4. The van der Waals surface area contributed by atoms with Crippen LogP contribution in [0.5, 0.6) is 0 Å². The van der Waals surface area contributed by atoms with Gasteiger partial charge in [-0.2, -0.15) is 0 Å². The molecule has 1 aliphatic rings. The van der Waals surface area contributed by atoms with Crippen molar-refractivity contribution >= 4 is 13.8 Å². The second-order valence-corrected chi connectivity index (χ2v) is 7.71. The van der Waals surface area contributed by atoms with Gasteiger partial charge in [0.2, 0.25) is 0 Å². The number of halogens is 1. The van der Waals surface area contributed by atoms with E-state index >= 15 is 0 Å². The summed E-state index contributed by atoms with van der Waals surface area (Å²) >= 11 is 0. The van der Waals surface area contributed by atoms with Crippen LogP contribution in [0, 0.1) is 5.82 Å². The van der Waals surface area contributed by atoms with Crippen molar-refractivity contribution in [1.82, 2.24) is 10.2 Å². The summed E-state index contributed by atoms with van der Waals surface area (Å²) in [4.78, 5) is 13.9. The van der Waals surface area contributed by atoms with E-state index in [4.69, 9.17) is 14.8 Å². The van der Waals surface area contributed by atoms with Crippen molar-refractivity contribution in [1.29, 1.82) is 0 Å². The van der Waals surface area contributed by atoms with E-state index in [2.05, 4.69) is 5.32 Å². The highest BCUT2D eigenvalue weighted by atomic mass is 19.1. The van der Waals surface area contributed by atoms with E-state index in [9.17, 15) is 9.18 Å². The second kappa shape index (κ2) is 11.3. The normalized spacial score (nSPS) is 19.5. The van der Waals surface area contributed by atoms with Gasteiger partial charge in [0, 0.05) is 31.2 Å². The molecule has 8 heteroatoms. The zero-order chi connectivity index (χ0) is 20.4. The van der Waals surface area contributed by atoms with Crippen molar-refractivity contribution in [2.75, 3.05) is 7.05 Å². The van der Waals surface area contributed by atoms with E-state index in [0.717, 1.165) is 25.7 Å². The molecular weight excluding hydrogens is 350 g/mol. The Balaban J connectivity index is 0.00000114. The van der Waals surface area contributed by atoms with Gasteiger partial charge < -0.3 is 25.0 Å². The number of benzene rings is 1. The van der Waals surface area contributed by atoms with E-state index in [-0.39, 0.29) is 18.0 Å². The molecule has 0 unspecified atom stereocenters. The summed E-state index contributed by atoms with van der Waals surface area (Å²) in [5.41, 5.74) is 0.231. The van der Waals surface area contributed by atoms with Gasteiger partial charge in [-0.05, 0) is 52.5 Å². The van der Waals surface area contributed by atoms with Crippen LogP contribution in [-0.2, 0) is 11.3 Å². The van der Waals surface area contributed by atoms with Gasteiger partial charge in [-0.15, -0.1) is 0 Å². The van der Waals surface area contributed by atoms with Gasteiger partial charge in [0.05, 0.1) is 0 Å². The number of hydrogen-bond donors (Lipinski definition) is 3. The number of carbonyl (C=O) groups excluding carboxylic acids is 1. The fourth-order valence-corrected chi connectivity index (χ4v) is 3.05. The van der Waals surface area contributed by atoms with Gasteiger partial charge in [-0.25, -0.2) is 9.18 Å². The summed E-state index contributed by atoms with van der Waals surface area (Å²) in [6.07, 6.45) is 3.57. The number of carbonyl (C=O) groups is 1. The highest BCUT2D eigenvalue weighted by Gasteiger charge is 2.29. The molecule has 0 aliphatic heterocycles. The number of hydrogen-bond acceptors (Lipinski definition) is 5. The molecule has 27 heavy (non-hydrogen) atoms. The predicted octanol–water partition coefficient (Wildman–Crippen LogP) is 2.33. The Morgan fingerprint density at radius 3 is 2.33 bits per heavy atom. The van der Waals surface area contributed by atoms with Gasteiger partial charge in [0.1, 0.15) is 11.4 Å². The van der Waals surface area contributed by atoms with E-state index < -0.39 is 13.3 Å². The van der Waals surface area contributed by atoms with Crippen LogP contribution >= 0.6 is 0 Å². The summed E-state index contributed by atoms with van der Waals surface area (Å²) in [7, 11) is 1.06. The van der Waals surface area contributed by atoms with Crippen molar-refractivity contribution in [3.8, 4) is 0 Å². The zero-order valence-electron chi connectivity index (χ0n) is 16.7. The van der Waals surface area contributed by atoms with Gasteiger partial charge in [-0.1, -0.05) is 18.2 Å². The topological polar surface area (TPSA) is 82.0 Å². The molecule has 0 saturated heterocycles. The van der Waals surface area contributed by atoms with Crippen molar-refractivity contribution in [2.45, 2.75) is 70.7 Å². The first kappa shape index (κ1) is 23.4. The molecule has 152 valence electrons. The molecule has 1 fully saturated rings. The maximum atomic E-state index is 13.6. The van der Waals surface area contributed by atoms with Crippen LogP contribution in [0.4, 0.5) is 9.18 Å². The van der Waals surface area contributed by atoms with E-state index in [0.29, 0.717) is 18.2 Å². The largest absolute Gasteiger partial charge is 0.444 e. The van der Waals surface area contributed by atoms with Gasteiger partial charge in [0.15, 0.2) is 0 Å². The van der Waals surface area contributed by atoms with E-state index in [1.165, 1.54) is 6.07 Å². The third-order valence-corrected chi connectivity index (χ3v) is 4.46. The van der Waals surface area contributed by atoms with Crippen LogP contribution in [0.1, 0.15) is 52.0 Å². The summed E-state index contributed by atoms with van der Waals surface area (Å²) in [5, 5.41) is 17.7. The lowest BCUT2D eigenvalue weighted by atomic mass is 9.90. The van der Waals surface area contributed by atoms with E-state index in [1.54, 1.807) is 11.0 Å². The molecule has 0 bridgehead atoms. The SMILES string of the molecule is CN(C(=O)OC(C)(C)C)C1CCC(NCc2ccccc2F)CC1.OBO. The van der Waals surface area contributed by atoms with Crippen molar-refractivity contribution in [3.63, 3.8) is 0 Å². The minimum atomic E-state index is -0.750. The molecule has 1 amide bonds. The number of nitrogens with one attached hydrogen (secondary N) is 1. The van der Waals surface area contributed by atoms with Crippen molar-refractivity contribution in [2.24, 2.45) is 0 Å². The van der Waals surface area contributed by atoms with Gasteiger partial charge in [-0.3, -0.25) is 0 Å². The fraction of sp³-hybridized carbons (Fsp3) is 0.632. The van der Waals surface area contributed by atoms with Crippen LogP contribution in [0.2, 0.25) is 0 Å². The zero-order valence-corrected chi connectivity index (χ0v) is 16.7. The highest BCUT2D eigenvalue weighted by molar-refractivity contribution is 6.13. The fourth-order valence-electron chi connectivity index (χ4n) is 3.05. The van der Waals surface area contributed by atoms with E-state index in [1.807, 2.05) is 40.0 Å². The summed E-state index contributed by atoms with van der Waals surface area (Å²) in [5.74, 6) is -0.164. The summed E-state index contributed by atoms with van der Waals surface area (Å²) in [6, 6.07) is 7.44. The third kappa shape index (κ3) is 8.73. The molecule has 2 rings (SSSR count). The molecule has 0 aromatic heterocycles. The minimum Gasteiger partial charge on any atom is -0.444 e. The average molecular weight is 382 g/mol. The molecule has 1 aliphatic carbocycles. The minimum absolute atomic E-state index is 0.164. The van der Waals surface area contributed by atoms with Crippen LogP contribution in [0.15, 0.2) is 24.3 Å². The van der Waals surface area contributed by atoms with Gasteiger partial charge >= 0.3 is 13.8 Å². The molecule has 0 radical (unpaired) electrons. The standard InChI is InChI=1S/C19H29FN2O2.BH3O2/c1-19(2,3)24-18(23)22(4)16-11-9-15(10-12-16)21-13-14-7-5-6-8-17(14)20;2-1-3/h5-8,15-16,21H,9-13H2,1-4H3;1-3H. The Kier molecular flexibility index (Phi) is 9.76. The smallest absolute Gasteiger partial charge is 0.432 e. The number of nitrogens with zero attached hydrogens (tertiary/aromatic N) is 1. The first-order valence-corrected chi connectivity index (χ1v) is 9.32. The quantitative estimate of drug-likeness (QED) is 0.697. The Labute approximate surface area is 162 Å². The molecule has 0 heterocycles. The molecule has 1 aromatic carbocycles. The Bertz CT molecular complexity index is 575. The molecule has 0 spiro atoms. The Morgan fingerprint density at radius 1 is 1.26 bits per heavy atom. The molecule has 1 aromatic rings. The number of rotatable bonds is 4. The molecule has 0 atom stereocenters. The maximum Gasteiger partial charge on any atom is 0.432 e. The summed E-state index contributed by atoms with van der Waals surface area (Å²) in [6.45, 7) is 6.18. The Hall–Kier alpha value is -1.64. The van der Waals surface area contributed by atoms with Crippen LogP contribution < -0.4 is 5.32 Å². The first-order chi connectivity index (χ1) is 12.7. The number of amides is 1.